The van der Waals surface area contributed by atoms with E-state index in [0.717, 1.165) is 24.1 Å². The van der Waals surface area contributed by atoms with Gasteiger partial charge in [-0.2, -0.15) is 0 Å². The highest BCUT2D eigenvalue weighted by atomic mass is 16.4. The van der Waals surface area contributed by atoms with Crippen LogP contribution in [0.4, 0.5) is 10.5 Å². The van der Waals surface area contributed by atoms with Crippen molar-refractivity contribution < 1.29 is 14.7 Å². The first-order chi connectivity index (χ1) is 9.78. The van der Waals surface area contributed by atoms with Gasteiger partial charge in [0.25, 0.3) is 0 Å². The Bertz CT molecular complexity index is 561. The molecular weight excluding hydrogens is 268 g/mol. The Morgan fingerprint density at radius 2 is 2.05 bits per heavy atom. The molecule has 2 N–H and O–H groups in total. The molecule has 0 atom stereocenters. The van der Waals surface area contributed by atoms with Crippen LogP contribution in [0.5, 0.6) is 0 Å². The van der Waals surface area contributed by atoms with Gasteiger partial charge in [-0.1, -0.05) is 20.8 Å². The van der Waals surface area contributed by atoms with Crippen LogP contribution < -0.4 is 10.2 Å². The highest BCUT2D eigenvalue weighted by Gasteiger charge is 2.24. The fraction of sp³-hybridized carbons (Fsp3) is 0.500. The van der Waals surface area contributed by atoms with E-state index >= 15 is 0 Å². The van der Waals surface area contributed by atoms with Crippen molar-refractivity contribution in [3.8, 4) is 0 Å². The molecule has 2 amide bonds. The molecule has 0 aliphatic carbocycles. The molecule has 5 heteroatoms. The Labute approximate surface area is 125 Å². The maximum absolute atomic E-state index is 12.3. The minimum absolute atomic E-state index is 0.0292. The Morgan fingerprint density at radius 3 is 2.67 bits per heavy atom. The van der Waals surface area contributed by atoms with Crippen LogP contribution in [-0.4, -0.2) is 30.2 Å². The van der Waals surface area contributed by atoms with E-state index in [-0.39, 0.29) is 17.0 Å². The second kappa shape index (κ2) is 5.76. The average molecular weight is 290 g/mol. The van der Waals surface area contributed by atoms with Gasteiger partial charge in [-0.25, -0.2) is 9.59 Å². The monoisotopic (exact) mass is 290 g/mol. The molecular formula is C16H22N2O3. The largest absolute Gasteiger partial charge is 0.478 e. The molecule has 0 aromatic heterocycles. The third-order valence-electron chi connectivity index (χ3n) is 3.46. The van der Waals surface area contributed by atoms with Crippen molar-refractivity contribution in [1.29, 1.82) is 0 Å². The Hall–Kier alpha value is -2.04. The predicted molar refractivity (Wildman–Crippen MR) is 81.9 cm³/mol. The maximum Gasteiger partial charge on any atom is 0.335 e. The van der Waals surface area contributed by atoms with Gasteiger partial charge in [0.15, 0.2) is 0 Å². The number of nitrogens with one attached hydrogen (secondary N) is 1. The fourth-order valence-electron chi connectivity index (χ4n) is 2.38. The number of carbonyl (C=O) groups is 2. The Morgan fingerprint density at radius 1 is 1.33 bits per heavy atom. The molecule has 0 unspecified atom stereocenters. The molecule has 0 bridgehead atoms. The van der Waals surface area contributed by atoms with E-state index in [1.165, 1.54) is 0 Å². The number of amides is 2. The smallest absolute Gasteiger partial charge is 0.335 e. The van der Waals surface area contributed by atoms with Gasteiger partial charge in [0, 0.05) is 18.8 Å². The standard InChI is InChI=1S/C16H22N2O3/c1-16(2,3)10-17-15(21)18-8-4-5-11-9-12(14(19)20)6-7-13(11)18/h6-7,9H,4-5,8,10H2,1-3H3,(H,17,21)(H,19,20). The Kier molecular flexibility index (Phi) is 4.21. The molecule has 21 heavy (non-hydrogen) atoms. The summed E-state index contributed by atoms with van der Waals surface area (Å²) in [7, 11) is 0. The molecule has 0 saturated carbocycles. The van der Waals surface area contributed by atoms with Crippen molar-refractivity contribution in [2.75, 3.05) is 18.0 Å². The number of hydrogen-bond donors (Lipinski definition) is 2. The fourth-order valence-corrected chi connectivity index (χ4v) is 2.38. The summed E-state index contributed by atoms with van der Waals surface area (Å²) in [4.78, 5) is 25.1. The molecule has 0 radical (unpaired) electrons. The lowest BCUT2D eigenvalue weighted by molar-refractivity contribution is 0.0696. The summed E-state index contributed by atoms with van der Waals surface area (Å²) < 4.78 is 0. The SMILES string of the molecule is CC(C)(C)CNC(=O)N1CCCc2cc(C(=O)O)ccc21. The highest BCUT2D eigenvalue weighted by Crippen LogP contribution is 2.28. The second-order valence-electron chi connectivity index (χ2n) is 6.62. The molecule has 2 rings (SSSR count). The normalized spacial score (nSPS) is 14.5. The molecule has 1 heterocycles. The van der Waals surface area contributed by atoms with Crippen LogP contribution in [0, 0.1) is 5.41 Å². The van der Waals surface area contributed by atoms with E-state index in [4.69, 9.17) is 5.11 Å². The van der Waals surface area contributed by atoms with Gasteiger partial charge in [-0.05, 0) is 42.0 Å². The molecule has 1 aliphatic heterocycles. The minimum Gasteiger partial charge on any atom is -0.478 e. The van der Waals surface area contributed by atoms with Gasteiger partial charge in [0.2, 0.25) is 0 Å². The number of carboxylic acid groups (broad SMARTS) is 1. The second-order valence-corrected chi connectivity index (χ2v) is 6.62. The van der Waals surface area contributed by atoms with Crippen molar-refractivity contribution in [3.05, 3.63) is 29.3 Å². The predicted octanol–water partition coefficient (Wildman–Crippen LogP) is 2.89. The molecule has 1 aliphatic rings. The number of carbonyl (C=O) groups excluding carboxylic acids is 1. The first kappa shape index (κ1) is 15.4. The van der Waals surface area contributed by atoms with Crippen molar-refractivity contribution in [3.63, 3.8) is 0 Å². The summed E-state index contributed by atoms with van der Waals surface area (Å²) in [5.74, 6) is -0.938. The van der Waals surface area contributed by atoms with Gasteiger partial charge < -0.3 is 10.4 Å². The number of carboxylic acids is 1. The molecule has 5 nitrogen and oxygen atoms in total. The summed E-state index contributed by atoms with van der Waals surface area (Å²) in [6.07, 6.45) is 1.65. The van der Waals surface area contributed by atoms with Crippen LogP contribution in [0.3, 0.4) is 0 Å². The third-order valence-corrected chi connectivity index (χ3v) is 3.46. The minimum atomic E-state index is -0.938. The Balaban J connectivity index is 2.18. The quantitative estimate of drug-likeness (QED) is 0.880. The number of nitrogens with zero attached hydrogens (tertiary/aromatic N) is 1. The summed E-state index contributed by atoms with van der Waals surface area (Å²) in [6.45, 7) is 7.46. The van der Waals surface area contributed by atoms with E-state index in [2.05, 4.69) is 26.1 Å². The van der Waals surface area contributed by atoms with E-state index < -0.39 is 5.97 Å². The number of hydrogen-bond acceptors (Lipinski definition) is 2. The van der Waals surface area contributed by atoms with E-state index in [9.17, 15) is 9.59 Å². The first-order valence-corrected chi connectivity index (χ1v) is 7.19. The number of rotatable bonds is 2. The summed E-state index contributed by atoms with van der Waals surface area (Å²) in [6, 6.07) is 4.83. The van der Waals surface area contributed by atoms with Crippen LogP contribution >= 0.6 is 0 Å². The topological polar surface area (TPSA) is 69.6 Å². The maximum atomic E-state index is 12.3. The summed E-state index contributed by atoms with van der Waals surface area (Å²) in [5.41, 5.74) is 2.04. The van der Waals surface area contributed by atoms with Crippen molar-refractivity contribution >= 4 is 17.7 Å². The van der Waals surface area contributed by atoms with Gasteiger partial charge >= 0.3 is 12.0 Å². The van der Waals surface area contributed by atoms with E-state index in [1.807, 2.05) is 0 Å². The summed E-state index contributed by atoms with van der Waals surface area (Å²) in [5, 5.41) is 12.0. The van der Waals surface area contributed by atoms with Crippen LogP contribution in [-0.2, 0) is 6.42 Å². The van der Waals surface area contributed by atoms with Crippen LogP contribution in [0.25, 0.3) is 0 Å². The molecule has 0 saturated heterocycles. The van der Waals surface area contributed by atoms with E-state index in [0.29, 0.717) is 13.1 Å². The molecule has 0 fully saturated rings. The number of aryl methyl sites for hydroxylation is 1. The van der Waals surface area contributed by atoms with Crippen molar-refractivity contribution in [2.24, 2.45) is 5.41 Å². The lowest BCUT2D eigenvalue weighted by Gasteiger charge is -2.31. The third kappa shape index (κ3) is 3.74. The lowest BCUT2D eigenvalue weighted by Crippen LogP contribution is -2.45. The van der Waals surface area contributed by atoms with Crippen LogP contribution in [0.15, 0.2) is 18.2 Å². The zero-order valence-corrected chi connectivity index (χ0v) is 12.8. The van der Waals surface area contributed by atoms with Crippen LogP contribution in [0.2, 0.25) is 0 Å². The molecule has 1 aromatic carbocycles. The number of fused-ring (bicyclic) bond motifs is 1. The number of benzene rings is 1. The van der Waals surface area contributed by atoms with Crippen molar-refractivity contribution in [1.82, 2.24) is 5.32 Å². The first-order valence-electron chi connectivity index (χ1n) is 7.19. The lowest BCUT2D eigenvalue weighted by atomic mass is 9.97. The molecule has 1 aromatic rings. The van der Waals surface area contributed by atoms with Crippen molar-refractivity contribution in [2.45, 2.75) is 33.6 Å². The zero-order valence-electron chi connectivity index (χ0n) is 12.8. The summed E-state index contributed by atoms with van der Waals surface area (Å²) >= 11 is 0. The number of anilines is 1. The highest BCUT2D eigenvalue weighted by molar-refractivity contribution is 5.95. The zero-order chi connectivity index (χ0) is 15.6. The van der Waals surface area contributed by atoms with Gasteiger partial charge in [0.1, 0.15) is 0 Å². The number of aromatic carboxylic acids is 1. The van der Waals surface area contributed by atoms with E-state index in [1.54, 1.807) is 23.1 Å². The molecule has 114 valence electrons. The van der Waals surface area contributed by atoms with Gasteiger partial charge in [-0.15, -0.1) is 0 Å². The van der Waals surface area contributed by atoms with Crippen LogP contribution in [0.1, 0.15) is 43.1 Å². The molecule has 0 spiro atoms. The van der Waals surface area contributed by atoms with Gasteiger partial charge in [0.05, 0.1) is 5.56 Å². The van der Waals surface area contributed by atoms with Gasteiger partial charge in [-0.3, -0.25) is 4.90 Å². The average Bonchev–Trinajstić information content (AvgIpc) is 2.42. The number of urea groups is 1.